The van der Waals surface area contributed by atoms with Gasteiger partial charge >= 0.3 is 0 Å². The largest absolute Gasteiger partial charge is 0.504 e. The van der Waals surface area contributed by atoms with Crippen LogP contribution >= 0.6 is 0 Å². The number of hydrogen-bond acceptors (Lipinski definition) is 5. The highest BCUT2D eigenvalue weighted by Crippen LogP contribution is 2.66. The predicted octanol–water partition coefficient (Wildman–Crippen LogP) is 3.70. The minimum atomic E-state index is -0.984. The maximum Gasteiger partial charge on any atom is 0.298 e. The lowest BCUT2D eigenvalue weighted by Crippen LogP contribution is -2.79. The van der Waals surface area contributed by atoms with Gasteiger partial charge in [0.25, 0.3) is 5.91 Å². The molecule has 2 bridgehead atoms. The fraction of sp³-hybridized carbons (Fsp3) is 0.545. The lowest BCUT2D eigenvalue weighted by atomic mass is 9.46. The zero-order valence-corrected chi connectivity index (χ0v) is 23.3. The quantitative estimate of drug-likeness (QED) is 0.597. The molecule has 3 fully saturated rings. The molecule has 0 unspecified atom stereocenters. The topological polar surface area (TPSA) is 73.2 Å². The molecule has 2 aromatic carbocycles. The number of ether oxygens (including phenoxy) is 1. The number of likely N-dealkylation sites (N-methyl/N-ethyl adjacent to an activating group) is 1. The lowest BCUT2D eigenvalue weighted by Gasteiger charge is -2.66. The van der Waals surface area contributed by atoms with Crippen LogP contribution in [0.3, 0.4) is 0 Å². The molecule has 6 nitrogen and oxygen atoms in total. The normalized spacial score (nSPS) is 34.0. The van der Waals surface area contributed by atoms with E-state index in [0.717, 1.165) is 54.1 Å². The summed E-state index contributed by atoms with van der Waals surface area (Å²) >= 11 is 0. The second-order valence-electron chi connectivity index (χ2n) is 12.9. The Kier molecular flexibility index (Phi) is 5.44. The first-order chi connectivity index (χ1) is 18.6. The second kappa shape index (κ2) is 8.49. The molecule has 1 saturated heterocycles. The Morgan fingerprint density at radius 3 is 2.74 bits per heavy atom. The number of phenols is 1. The number of piperidine rings is 1. The maximum absolute atomic E-state index is 13.5. The molecule has 2 saturated carbocycles. The first kappa shape index (κ1) is 25.0. The van der Waals surface area contributed by atoms with E-state index in [4.69, 9.17) is 4.74 Å². The zero-order chi connectivity index (χ0) is 27.3. The van der Waals surface area contributed by atoms with E-state index in [1.54, 1.807) is 11.0 Å². The van der Waals surface area contributed by atoms with Crippen molar-refractivity contribution in [2.45, 2.75) is 82.1 Å². The van der Waals surface area contributed by atoms with Crippen LogP contribution in [0.15, 0.2) is 30.3 Å². The molecule has 1 spiro atoms. The van der Waals surface area contributed by atoms with Crippen LogP contribution in [0, 0.1) is 37.5 Å². The van der Waals surface area contributed by atoms with Crippen molar-refractivity contribution in [1.29, 1.82) is 0 Å². The number of aliphatic hydroxyl groups is 1. The molecule has 5 aliphatic rings. The number of rotatable bonds is 3. The van der Waals surface area contributed by atoms with Crippen molar-refractivity contribution in [3.8, 4) is 23.3 Å². The Labute approximate surface area is 231 Å². The summed E-state index contributed by atoms with van der Waals surface area (Å²) in [7, 11) is 1.81. The molecule has 6 heteroatoms. The smallest absolute Gasteiger partial charge is 0.298 e. The third-order valence-electron chi connectivity index (χ3n) is 10.7. The highest BCUT2D eigenvalue weighted by atomic mass is 16.5. The number of nitrogens with zero attached hydrogens (tertiary/aromatic N) is 2. The Bertz CT molecular complexity index is 1440. The van der Waals surface area contributed by atoms with Crippen molar-refractivity contribution in [2.75, 3.05) is 20.1 Å². The third kappa shape index (κ3) is 3.45. The predicted molar refractivity (Wildman–Crippen MR) is 149 cm³/mol. The number of carbonyl (C=O) groups excluding carboxylic acids is 1. The highest BCUT2D eigenvalue weighted by Gasteiger charge is 2.74. The third-order valence-corrected chi connectivity index (χ3v) is 10.7. The van der Waals surface area contributed by atoms with E-state index < -0.39 is 17.1 Å². The summed E-state index contributed by atoms with van der Waals surface area (Å²) < 4.78 is 6.68. The van der Waals surface area contributed by atoms with Gasteiger partial charge in [-0.1, -0.05) is 25.0 Å². The first-order valence-electron chi connectivity index (χ1n) is 14.5. The molecule has 2 N–H and O–H groups in total. The van der Waals surface area contributed by atoms with Crippen molar-refractivity contribution in [2.24, 2.45) is 11.8 Å². The van der Waals surface area contributed by atoms with E-state index in [0.29, 0.717) is 12.2 Å². The summed E-state index contributed by atoms with van der Waals surface area (Å²) in [4.78, 5) is 17.8. The summed E-state index contributed by atoms with van der Waals surface area (Å²) in [5, 5.41) is 23.7. The van der Waals surface area contributed by atoms with E-state index >= 15 is 0 Å². The summed E-state index contributed by atoms with van der Waals surface area (Å²) in [6, 6.07) is 9.47. The number of aromatic hydroxyl groups is 1. The van der Waals surface area contributed by atoms with E-state index in [1.165, 1.54) is 18.4 Å². The van der Waals surface area contributed by atoms with Gasteiger partial charge in [0.05, 0.1) is 17.1 Å². The minimum Gasteiger partial charge on any atom is -0.504 e. The Balaban J connectivity index is 1.27. The number of benzene rings is 2. The Hall–Kier alpha value is -3.01. The fourth-order valence-electron chi connectivity index (χ4n) is 8.48. The van der Waals surface area contributed by atoms with Gasteiger partial charge in [-0.05, 0) is 99.2 Å². The van der Waals surface area contributed by atoms with E-state index in [2.05, 4.69) is 30.6 Å². The van der Waals surface area contributed by atoms with Crippen molar-refractivity contribution < 1.29 is 19.7 Å². The van der Waals surface area contributed by atoms with Crippen LogP contribution in [0.4, 0.5) is 0 Å². The van der Waals surface area contributed by atoms with Gasteiger partial charge in [0, 0.05) is 36.7 Å². The maximum atomic E-state index is 13.5. The van der Waals surface area contributed by atoms with Gasteiger partial charge in [0.1, 0.15) is 6.10 Å². The molecule has 6 atom stereocenters. The number of phenolic OH excluding ortho intramolecular Hbond substituents is 1. The molecule has 204 valence electrons. The average molecular weight is 527 g/mol. The lowest BCUT2D eigenvalue weighted by molar-refractivity contribution is -0.212. The minimum absolute atomic E-state index is 0.00752. The first-order valence-corrected chi connectivity index (χ1v) is 14.5. The van der Waals surface area contributed by atoms with Gasteiger partial charge in [0.2, 0.25) is 0 Å². The zero-order valence-electron chi connectivity index (χ0n) is 23.3. The van der Waals surface area contributed by atoms with Crippen molar-refractivity contribution in [1.82, 2.24) is 9.80 Å². The number of hydrogen-bond donors (Lipinski definition) is 2. The van der Waals surface area contributed by atoms with Crippen LogP contribution in [0.5, 0.6) is 11.5 Å². The summed E-state index contributed by atoms with van der Waals surface area (Å²) in [6.07, 6.45) is 4.21. The van der Waals surface area contributed by atoms with Gasteiger partial charge in [-0.3, -0.25) is 9.69 Å². The van der Waals surface area contributed by atoms with Gasteiger partial charge in [0.15, 0.2) is 11.5 Å². The molecule has 2 aromatic rings. The van der Waals surface area contributed by atoms with Crippen LogP contribution in [-0.4, -0.2) is 69.8 Å². The summed E-state index contributed by atoms with van der Waals surface area (Å²) in [5.41, 5.74) is 3.67. The fourth-order valence-corrected chi connectivity index (χ4v) is 8.48. The van der Waals surface area contributed by atoms with Crippen molar-refractivity contribution in [3.05, 3.63) is 58.1 Å². The molecule has 0 aromatic heterocycles. The van der Waals surface area contributed by atoms with Gasteiger partial charge < -0.3 is 19.8 Å². The standard InChI is InChI=1S/C33H38N2O4/c1-19-5-6-22(15-20(19)2)9-12-27(37)34(4)29-21(3)17-33(38)26-16-24-10-11-25(36)30-28(24)32(33,31(29)39-30)13-14-35(26)18-23-7-8-23/h5-6,10-11,15,21,23,26,29,31,36,38H,7-8,13-14,16-18H2,1-4H3/t21-,26+,29-,31-,32-,33+/m0/s1. The van der Waals surface area contributed by atoms with Gasteiger partial charge in [-0.15, -0.1) is 0 Å². The van der Waals surface area contributed by atoms with Crippen molar-refractivity contribution in [3.63, 3.8) is 0 Å². The summed E-state index contributed by atoms with van der Waals surface area (Å²) in [6.45, 7) is 8.16. The molecule has 0 radical (unpaired) electrons. The average Bonchev–Trinajstić information content (AvgIpc) is 3.64. The molecule has 3 aliphatic carbocycles. The number of aryl methyl sites for hydroxylation is 2. The molecular formula is C33H38N2O4. The Morgan fingerprint density at radius 2 is 2.00 bits per heavy atom. The van der Waals surface area contributed by atoms with Crippen LogP contribution in [0.2, 0.25) is 0 Å². The summed E-state index contributed by atoms with van der Waals surface area (Å²) in [5.74, 6) is 7.04. The molecule has 7 rings (SSSR count). The SMILES string of the molecule is Cc1ccc(C#CC(=O)N(C)[C@H]2[C@@H](C)C[C@@]3(O)[C@H]4Cc5ccc(O)c6c5[C@@]3(CCN4CC3CC3)[C@H]2O6)cc1C. The molecule has 2 aliphatic heterocycles. The molecule has 2 heterocycles. The molecule has 39 heavy (non-hydrogen) atoms. The van der Waals surface area contributed by atoms with Crippen LogP contribution in [-0.2, 0) is 16.6 Å². The second-order valence-corrected chi connectivity index (χ2v) is 12.9. The van der Waals surface area contributed by atoms with Crippen LogP contribution in [0.25, 0.3) is 0 Å². The van der Waals surface area contributed by atoms with Gasteiger partial charge in [-0.25, -0.2) is 0 Å². The molecular weight excluding hydrogens is 488 g/mol. The van der Waals surface area contributed by atoms with Gasteiger partial charge in [-0.2, -0.15) is 0 Å². The van der Waals surface area contributed by atoms with Crippen LogP contribution in [0.1, 0.15) is 60.4 Å². The monoisotopic (exact) mass is 526 g/mol. The van der Waals surface area contributed by atoms with E-state index in [1.807, 2.05) is 38.2 Å². The number of carbonyl (C=O) groups is 1. The van der Waals surface area contributed by atoms with Crippen LogP contribution < -0.4 is 4.74 Å². The molecule has 1 amide bonds. The van der Waals surface area contributed by atoms with E-state index in [-0.39, 0.29) is 29.7 Å². The number of amides is 1. The highest BCUT2D eigenvalue weighted by molar-refractivity contribution is 5.94. The van der Waals surface area contributed by atoms with Crippen molar-refractivity contribution >= 4 is 5.91 Å². The van der Waals surface area contributed by atoms with E-state index in [9.17, 15) is 15.0 Å². The number of likely N-dealkylation sites (tertiary alicyclic amines) is 1. The Morgan fingerprint density at radius 1 is 1.21 bits per heavy atom.